The Hall–Kier alpha value is -2.49. The van der Waals surface area contributed by atoms with Crippen LogP contribution in [0.15, 0.2) is 36.4 Å². The van der Waals surface area contributed by atoms with Crippen molar-refractivity contribution in [1.29, 1.82) is 0 Å². The third-order valence-electron chi connectivity index (χ3n) is 5.22. The highest BCUT2D eigenvalue weighted by Gasteiger charge is 2.35. The minimum absolute atomic E-state index is 0.0655. The molecule has 0 bridgehead atoms. The molecule has 2 aromatic rings. The summed E-state index contributed by atoms with van der Waals surface area (Å²) < 4.78 is 6.06. The van der Waals surface area contributed by atoms with Crippen LogP contribution in [0.4, 0.5) is 11.4 Å². The molecule has 0 saturated carbocycles. The van der Waals surface area contributed by atoms with Gasteiger partial charge in [-0.3, -0.25) is 0 Å². The molecule has 2 aromatic carbocycles. The molecule has 1 N–H and O–H groups in total. The van der Waals surface area contributed by atoms with E-state index in [0.29, 0.717) is 23.8 Å². The SMILES string of the molecule is CC(C)c1cc(N(c2ccccc2C(=O)O)C(C)C)cc2c1OCC2(C)C. The second kappa shape index (κ2) is 6.91. The number of carboxylic acid groups (broad SMARTS) is 1. The van der Waals surface area contributed by atoms with Gasteiger partial charge in [0, 0.05) is 22.7 Å². The van der Waals surface area contributed by atoms with Gasteiger partial charge < -0.3 is 14.7 Å². The fourth-order valence-electron chi connectivity index (χ4n) is 3.78. The quantitative estimate of drug-likeness (QED) is 0.734. The first kappa shape index (κ1) is 19.3. The highest BCUT2D eigenvalue weighted by atomic mass is 16.5. The lowest BCUT2D eigenvalue weighted by molar-refractivity contribution is 0.0697. The van der Waals surface area contributed by atoms with E-state index in [0.717, 1.165) is 11.4 Å². The van der Waals surface area contributed by atoms with E-state index in [1.54, 1.807) is 12.1 Å². The summed E-state index contributed by atoms with van der Waals surface area (Å²) in [5, 5.41) is 9.68. The lowest BCUT2D eigenvalue weighted by atomic mass is 9.84. The van der Waals surface area contributed by atoms with E-state index >= 15 is 0 Å². The van der Waals surface area contributed by atoms with E-state index in [1.165, 1.54) is 11.1 Å². The number of anilines is 2. The van der Waals surface area contributed by atoms with Gasteiger partial charge in [0.25, 0.3) is 0 Å². The van der Waals surface area contributed by atoms with Crippen molar-refractivity contribution in [2.24, 2.45) is 0 Å². The zero-order valence-corrected chi connectivity index (χ0v) is 17.0. The van der Waals surface area contributed by atoms with Crippen molar-refractivity contribution >= 4 is 17.3 Å². The van der Waals surface area contributed by atoms with E-state index in [1.807, 2.05) is 12.1 Å². The third-order valence-corrected chi connectivity index (χ3v) is 5.22. The summed E-state index contributed by atoms with van der Waals surface area (Å²) in [6.45, 7) is 13.6. The Morgan fingerprint density at radius 1 is 1.15 bits per heavy atom. The summed E-state index contributed by atoms with van der Waals surface area (Å²) in [6, 6.07) is 11.6. The standard InChI is InChI=1S/C23H29NO3/c1-14(2)18-11-16(12-19-21(18)27-13-23(19,5)6)24(15(3)4)20-10-8-7-9-17(20)22(25)26/h7-12,14-15H,13H2,1-6H3,(H,25,26). The molecule has 4 heteroatoms. The van der Waals surface area contributed by atoms with Crippen molar-refractivity contribution in [3.8, 4) is 5.75 Å². The summed E-state index contributed by atoms with van der Waals surface area (Å²) in [4.78, 5) is 13.9. The molecule has 1 aliphatic rings. The molecule has 144 valence electrons. The molecular formula is C23H29NO3. The highest BCUT2D eigenvalue weighted by Crippen LogP contribution is 2.46. The van der Waals surface area contributed by atoms with Crippen LogP contribution in [0.3, 0.4) is 0 Å². The Morgan fingerprint density at radius 3 is 2.41 bits per heavy atom. The van der Waals surface area contributed by atoms with E-state index in [4.69, 9.17) is 4.74 Å². The van der Waals surface area contributed by atoms with Gasteiger partial charge in [0.1, 0.15) is 5.75 Å². The van der Waals surface area contributed by atoms with E-state index in [2.05, 4.69) is 58.6 Å². The Bertz CT molecular complexity index is 868. The number of ether oxygens (including phenoxy) is 1. The number of hydrogen-bond donors (Lipinski definition) is 1. The summed E-state index contributed by atoms with van der Waals surface area (Å²) in [5.74, 6) is 0.399. The molecule has 0 aromatic heterocycles. The number of rotatable bonds is 5. The Labute approximate surface area is 161 Å². The summed E-state index contributed by atoms with van der Waals surface area (Å²) in [7, 11) is 0. The second-order valence-corrected chi connectivity index (χ2v) is 8.52. The zero-order chi connectivity index (χ0) is 19.9. The molecule has 0 amide bonds. The molecular weight excluding hydrogens is 338 g/mol. The number of benzene rings is 2. The maximum Gasteiger partial charge on any atom is 0.337 e. The summed E-state index contributed by atoms with van der Waals surface area (Å²) >= 11 is 0. The van der Waals surface area contributed by atoms with Gasteiger partial charge >= 0.3 is 5.97 Å². The van der Waals surface area contributed by atoms with Gasteiger partial charge in [0.05, 0.1) is 17.9 Å². The van der Waals surface area contributed by atoms with E-state index in [9.17, 15) is 9.90 Å². The first-order valence-electron chi connectivity index (χ1n) is 9.56. The minimum atomic E-state index is -0.912. The van der Waals surface area contributed by atoms with Gasteiger partial charge in [-0.15, -0.1) is 0 Å². The van der Waals surface area contributed by atoms with Crippen LogP contribution >= 0.6 is 0 Å². The van der Waals surface area contributed by atoms with Crippen molar-refractivity contribution in [1.82, 2.24) is 0 Å². The molecule has 0 radical (unpaired) electrons. The van der Waals surface area contributed by atoms with E-state index in [-0.39, 0.29) is 11.5 Å². The lowest BCUT2D eigenvalue weighted by Gasteiger charge is -2.32. The summed E-state index contributed by atoms with van der Waals surface area (Å²) in [6.07, 6.45) is 0. The molecule has 0 aliphatic carbocycles. The molecule has 1 heterocycles. The van der Waals surface area contributed by atoms with Gasteiger partial charge in [-0.1, -0.05) is 39.8 Å². The van der Waals surface area contributed by atoms with Crippen LogP contribution in [-0.4, -0.2) is 23.7 Å². The normalized spacial score (nSPS) is 15.0. The number of para-hydroxylation sites is 1. The summed E-state index contributed by atoms with van der Waals surface area (Å²) in [5.41, 5.74) is 4.34. The monoisotopic (exact) mass is 367 g/mol. The van der Waals surface area contributed by atoms with E-state index < -0.39 is 5.97 Å². The number of hydrogen-bond acceptors (Lipinski definition) is 3. The first-order chi connectivity index (χ1) is 12.6. The van der Waals surface area contributed by atoms with Crippen molar-refractivity contribution in [3.05, 3.63) is 53.1 Å². The number of carboxylic acids is 1. The molecule has 4 nitrogen and oxygen atoms in total. The smallest absolute Gasteiger partial charge is 0.337 e. The fourth-order valence-corrected chi connectivity index (χ4v) is 3.78. The lowest BCUT2D eigenvalue weighted by Crippen LogP contribution is -2.28. The molecule has 1 aliphatic heterocycles. The molecule has 0 atom stereocenters. The minimum Gasteiger partial charge on any atom is -0.492 e. The molecule has 0 spiro atoms. The second-order valence-electron chi connectivity index (χ2n) is 8.52. The highest BCUT2D eigenvalue weighted by molar-refractivity contribution is 5.95. The van der Waals surface area contributed by atoms with Gasteiger partial charge in [-0.2, -0.15) is 0 Å². The Kier molecular flexibility index (Phi) is 4.94. The van der Waals surface area contributed by atoms with Crippen LogP contribution in [0.2, 0.25) is 0 Å². The number of nitrogens with zero attached hydrogens (tertiary/aromatic N) is 1. The molecule has 27 heavy (non-hydrogen) atoms. The number of carbonyl (C=O) groups is 1. The molecule has 0 saturated heterocycles. The Morgan fingerprint density at radius 2 is 1.81 bits per heavy atom. The number of aromatic carboxylic acids is 1. The first-order valence-corrected chi connectivity index (χ1v) is 9.56. The maximum absolute atomic E-state index is 11.8. The van der Waals surface area contributed by atoms with Gasteiger partial charge in [0.15, 0.2) is 0 Å². The van der Waals surface area contributed by atoms with Crippen molar-refractivity contribution in [3.63, 3.8) is 0 Å². The van der Waals surface area contributed by atoms with Crippen LogP contribution in [0, 0.1) is 0 Å². The van der Waals surface area contributed by atoms with Crippen LogP contribution in [-0.2, 0) is 5.41 Å². The maximum atomic E-state index is 11.8. The molecule has 0 fully saturated rings. The average Bonchev–Trinajstić information content (AvgIpc) is 2.89. The van der Waals surface area contributed by atoms with Crippen LogP contribution < -0.4 is 9.64 Å². The van der Waals surface area contributed by atoms with Gasteiger partial charge in [0.2, 0.25) is 0 Å². The van der Waals surface area contributed by atoms with Crippen molar-refractivity contribution < 1.29 is 14.6 Å². The molecule has 0 unspecified atom stereocenters. The Balaban J connectivity index is 2.25. The largest absolute Gasteiger partial charge is 0.492 e. The third kappa shape index (κ3) is 3.41. The van der Waals surface area contributed by atoms with Gasteiger partial charge in [-0.25, -0.2) is 4.79 Å². The van der Waals surface area contributed by atoms with Crippen molar-refractivity contribution in [2.45, 2.75) is 58.9 Å². The average molecular weight is 367 g/mol. The predicted molar refractivity (Wildman–Crippen MR) is 110 cm³/mol. The fraction of sp³-hybridized carbons (Fsp3) is 0.435. The zero-order valence-electron chi connectivity index (χ0n) is 17.0. The van der Waals surface area contributed by atoms with Crippen molar-refractivity contribution in [2.75, 3.05) is 11.5 Å². The van der Waals surface area contributed by atoms with Crippen LogP contribution in [0.25, 0.3) is 0 Å². The number of fused-ring (bicyclic) bond motifs is 1. The van der Waals surface area contributed by atoms with Crippen LogP contribution in [0.5, 0.6) is 5.75 Å². The predicted octanol–water partition coefficient (Wildman–Crippen LogP) is 5.72. The van der Waals surface area contributed by atoms with Crippen LogP contribution in [0.1, 0.15) is 68.9 Å². The molecule has 3 rings (SSSR count). The van der Waals surface area contributed by atoms with Gasteiger partial charge in [-0.05, 0) is 49.6 Å². The topological polar surface area (TPSA) is 49.8 Å².